The van der Waals surface area contributed by atoms with Crippen molar-refractivity contribution in [2.24, 2.45) is 4.99 Å². The number of hydrogen-bond donors (Lipinski definition) is 2. The van der Waals surface area contributed by atoms with E-state index >= 15 is 0 Å². The van der Waals surface area contributed by atoms with Gasteiger partial charge in [0.1, 0.15) is 0 Å². The van der Waals surface area contributed by atoms with E-state index in [1.807, 2.05) is 11.0 Å². The molecule has 7 heteroatoms. The third kappa shape index (κ3) is 7.83. The summed E-state index contributed by atoms with van der Waals surface area (Å²) in [6.07, 6.45) is 5.49. The number of aromatic nitrogens is 1. The summed E-state index contributed by atoms with van der Waals surface area (Å²) in [5.74, 6) is 0.983. The van der Waals surface area contributed by atoms with Gasteiger partial charge in [-0.1, -0.05) is 30.3 Å². The fraction of sp³-hybridized carbons (Fsp3) is 0.500. The average Bonchev–Trinajstić information content (AvgIpc) is 3.25. The second kappa shape index (κ2) is 12.9. The largest absolute Gasteiger partial charge is 0.381 e. The van der Waals surface area contributed by atoms with Crippen LogP contribution in [-0.2, 0) is 11.2 Å². The minimum Gasteiger partial charge on any atom is -0.381 e. The number of pyridine rings is 1. The van der Waals surface area contributed by atoms with Gasteiger partial charge >= 0.3 is 0 Å². The van der Waals surface area contributed by atoms with E-state index in [-0.39, 0.29) is 11.9 Å². The zero-order chi connectivity index (χ0) is 21.7. The Morgan fingerprint density at radius 1 is 1.19 bits per heavy atom. The van der Waals surface area contributed by atoms with Crippen LogP contribution in [0.3, 0.4) is 0 Å². The molecule has 0 spiro atoms. The highest BCUT2D eigenvalue weighted by Crippen LogP contribution is 2.20. The third-order valence-corrected chi connectivity index (χ3v) is 5.26. The molecule has 1 aliphatic rings. The molecule has 1 aromatic carbocycles. The van der Waals surface area contributed by atoms with Crippen molar-refractivity contribution >= 4 is 11.8 Å². The molecule has 1 saturated heterocycles. The number of aliphatic imine (C=N–C) groups is 1. The number of rotatable bonds is 11. The van der Waals surface area contributed by atoms with Crippen molar-refractivity contribution in [3.05, 3.63) is 60.0 Å². The summed E-state index contributed by atoms with van der Waals surface area (Å²) in [6, 6.07) is 13.7. The molecule has 6 nitrogen and oxygen atoms in total. The molecule has 1 unspecified atom stereocenters. The van der Waals surface area contributed by atoms with Crippen LogP contribution in [0.5, 0.6) is 0 Å². The van der Waals surface area contributed by atoms with E-state index in [2.05, 4.69) is 51.8 Å². The maximum atomic E-state index is 14.0. The Balaban J connectivity index is 1.33. The summed E-state index contributed by atoms with van der Waals surface area (Å²) in [4.78, 5) is 10.9. The van der Waals surface area contributed by atoms with E-state index < -0.39 is 0 Å². The number of ether oxygens (including phenoxy) is 1. The van der Waals surface area contributed by atoms with E-state index in [0.29, 0.717) is 12.4 Å². The van der Waals surface area contributed by atoms with E-state index in [0.717, 1.165) is 64.5 Å². The zero-order valence-electron chi connectivity index (χ0n) is 18.4. The van der Waals surface area contributed by atoms with Crippen molar-refractivity contribution in [2.45, 2.75) is 38.6 Å². The number of benzene rings is 1. The Morgan fingerprint density at radius 3 is 2.87 bits per heavy atom. The molecule has 1 atom stereocenters. The Bertz CT molecular complexity index is 802. The summed E-state index contributed by atoms with van der Waals surface area (Å²) in [5.41, 5.74) is 1.31. The van der Waals surface area contributed by atoms with Crippen LogP contribution in [0, 0.1) is 5.82 Å². The van der Waals surface area contributed by atoms with Gasteiger partial charge in [0.05, 0.1) is 6.61 Å². The van der Waals surface area contributed by atoms with Crippen molar-refractivity contribution < 1.29 is 9.13 Å². The van der Waals surface area contributed by atoms with Gasteiger partial charge in [0.25, 0.3) is 0 Å². The number of guanidine groups is 1. The predicted octanol–water partition coefficient (Wildman–Crippen LogP) is 3.39. The van der Waals surface area contributed by atoms with E-state index in [1.165, 1.54) is 11.6 Å². The number of unbranched alkanes of at least 4 members (excludes halogenated alkanes) is 1. The molecule has 0 amide bonds. The van der Waals surface area contributed by atoms with Crippen molar-refractivity contribution in [1.29, 1.82) is 0 Å². The van der Waals surface area contributed by atoms with Crippen LogP contribution in [0.15, 0.2) is 53.7 Å². The number of halogens is 1. The Kier molecular flexibility index (Phi) is 9.57. The molecule has 1 aliphatic heterocycles. The molecule has 2 heterocycles. The van der Waals surface area contributed by atoms with Crippen LogP contribution in [0.2, 0.25) is 0 Å². The smallest absolute Gasteiger partial charge is 0.191 e. The molecule has 0 saturated carbocycles. The standard InChI is InChI=1S/C24H34FN5O/c1-2-26-24(28-14-6-7-17-31-18-13-20-9-4-3-5-10-20)29-21-12-16-30(19-21)23-22(25)11-8-15-27-23/h3-5,8-11,15,21H,2,6-7,12-14,16-19H2,1H3,(H2,26,28,29). The summed E-state index contributed by atoms with van der Waals surface area (Å²) in [7, 11) is 0. The second-order valence-electron chi connectivity index (χ2n) is 7.70. The average molecular weight is 428 g/mol. The van der Waals surface area contributed by atoms with Crippen LogP contribution < -0.4 is 15.5 Å². The summed E-state index contributed by atoms with van der Waals surface area (Å²) in [6.45, 7) is 6.63. The number of nitrogens with zero attached hydrogens (tertiary/aromatic N) is 3. The lowest BCUT2D eigenvalue weighted by Gasteiger charge is -2.20. The first-order valence-corrected chi connectivity index (χ1v) is 11.3. The first-order valence-electron chi connectivity index (χ1n) is 11.3. The highest BCUT2D eigenvalue weighted by atomic mass is 19.1. The maximum absolute atomic E-state index is 14.0. The van der Waals surface area contributed by atoms with Crippen LogP contribution >= 0.6 is 0 Å². The number of hydrogen-bond acceptors (Lipinski definition) is 4. The number of nitrogens with one attached hydrogen (secondary N) is 2. The van der Waals surface area contributed by atoms with Crippen LogP contribution in [0.1, 0.15) is 31.7 Å². The molecule has 1 fully saturated rings. The first kappa shape index (κ1) is 23.0. The van der Waals surface area contributed by atoms with E-state index in [4.69, 9.17) is 4.74 Å². The number of anilines is 1. The lowest BCUT2D eigenvalue weighted by Crippen LogP contribution is -2.44. The van der Waals surface area contributed by atoms with Crippen molar-refractivity contribution in [3.63, 3.8) is 0 Å². The minimum atomic E-state index is -0.269. The molecule has 3 rings (SSSR count). The van der Waals surface area contributed by atoms with Crippen molar-refractivity contribution in [2.75, 3.05) is 44.3 Å². The molecule has 2 aromatic rings. The summed E-state index contributed by atoms with van der Waals surface area (Å²) < 4.78 is 19.7. The van der Waals surface area contributed by atoms with Gasteiger partial charge in [-0.05, 0) is 50.3 Å². The maximum Gasteiger partial charge on any atom is 0.191 e. The lowest BCUT2D eigenvalue weighted by molar-refractivity contribution is 0.134. The van der Waals surface area contributed by atoms with Gasteiger partial charge in [0.15, 0.2) is 17.6 Å². The zero-order valence-corrected chi connectivity index (χ0v) is 18.4. The monoisotopic (exact) mass is 427 g/mol. The van der Waals surface area contributed by atoms with Gasteiger partial charge in [-0.15, -0.1) is 0 Å². The third-order valence-electron chi connectivity index (χ3n) is 5.26. The quantitative estimate of drug-likeness (QED) is 0.327. The van der Waals surface area contributed by atoms with Gasteiger partial charge in [-0.3, -0.25) is 4.99 Å². The topological polar surface area (TPSA) is 61.8 Å². The molecule has 168 valence electrons. The van der Waals surface area contributed by atoms with Crippen molar-refractivity contribution in [3.8, 4) is 0 Å². The predicted molar refractivity (Wildman–Crippen MR) is 124 cm³/mol. The normalized spacial score (nSPS) is 16.5. The SMILES string of the molecule is CCNC(=NCCCCOCCc1ccccc1)NC1CCN(c2ncccc2F)C1. The first-order chi connectivity index (χ1) is 15.3. The van der Waals surface area contributed by atoms with Crippen LogP contribution in [-0.4, -0.2) is 56.4 Å². The molecule has 0 bridgehead atoms. The minimum absolute atomic E-state index is 0.223. The molecule has 0 aliphatic carbocycles. The highest BCUT2D eigenvalue weighted by Gasteiger charge is 2.25. The van der Waals surface area contributed by atoms with Gasteiger partial charge in [-0.25, -0.2) is 9.37 Å². The van der Waals surface area contributed by atoms with Crippen LogP contribution in [0.4, 0.5) is 10.2 Å². The lowest BCUT2D eigenvalue weighted by atomic mass is 10.2. The molecular weight excluding hydrogens is 393 g/mol. The molecule has 1 aromatic heterocycles. The Hall–Kier alpha value is -2.67. The molecule has 0 radical (unpaired) electrons. The highest BCUT2D eigenvalue weighted by molar-refractivity contribution is 5.80. The molecular formula is C24H34FN5O. The van der Waals surface area contributed by atoms with Crippen molar-refractivity contribution in [1.82, 2.24) is 15.6 Å². The van der Waals surface area contributed by atoms with E-state index in [9.17, 15) is 4.39 Å². The summed E-state index contributed by atoms with van der Waals surface area (Å²) >= 11 is 0. The second-order valence-corrected chi connectivity index (χ2v) is 7.70. The van der Waals surface area contributed by atoms with Gasteiger partial charge in [0, 0.05) is 45.0 Å². The molecule has 31 heavy (non-hydrogen) atoms. The van der Waals surface area contributed by atoms with Gasteiger partial charge in [-0.2, -0.15) is 0 Å². The fourth-order valence-electron chi connectivity index (χ4n) is 3.64. The fourth-order valence-corrected chi connectivity index (χ4v) is 3.64. The Morgan fingerprint density at radius 2 is 2.06 bits per heavy atom. The van der Waals surface area contributed by atoms with Gasteiger partial charge < -0.3 is 20.3 Å². The van der Waals surface area contributed by atoms with Gasteiger partial charge in [0.2, 0.25) is 0 Å². The Labute approximate surface area is 184 Å². The van der Waals surface area contributed by atoms with Crippen LogP contribution in [0.25, 0.3) is 0 Å². The summed E-state index contributed by atoms with van der Waals surface area (Å²) in [5, 5.41) is 6.79. The molecule has 2 N–H and O–H groups in total. The van der Waals surface area contributed by atoms with E-state index in [1.54, 1.807) is 12.3 Å².